The summed E-state index contributed by atoms with van der Waals surface area (Å²) >= 11 is 0. The van der Waals surface area contributed by atoms with Crippen LogP contribution in [-0.4, -0.2) is 25.8 Å². The average Bonchev–Trinajstić information content (AvgIpc) is 2.82. The third-order valence-corrected chi connectivity index (χ3v) is 4.44. The van der Waals surface area contributed by atoms with Gasteiger partial charge in [-0.2, -0.15) is 5.10 Å². The first kappa shape index (κ1) is 22.8. The third kappa shape index (κ3) is 6.57. The third-order valence-electron chi connectivity index (χ3n) is 4.44. The van der Waals surface area contributed by atoms with Gasteiger partial charge in [-0.05, 0) is 60.0 Å². The number of hydrazone groups is 1. The molecule has 3 aromatic rings. The summed E-state index contributed by atoms with van der Waals surface area (Å²) in [7, 11) is 1.53. The number of hydrogen-bond donors (Lipinski definition) is 1. The van der Waals surface area contributed by atoms with Gasteiger partial charge in [-0.1, -0.05) is 31.2 Å². The van der Waals surface area contributed by atoms with E-state index in [0.717, 1.165) is 17.5 Å². The Hall–Kier alpha value is -3.87. The van der Waals surface area contributed by atoms with Crippen molar-refractivity contribution in [2.45, 2.75) is 20.0 Å². The van der Waals surface area contributed by atoms with Crippen LogP contribution in [0.4, 0.5) is 4.39 Å². The molecule has 166 valence electrons. The molecule has 0 aromatic heterocycles. The van der Waals surface area contributed by atoms with Gasteiger partial charge in [0.2, 0.25) is 0 Å². The van der Waals surface area contributed by atoms with Gasteiger partial charge < -0.3 is 14.2 Å². The Balaban J connectivity index is 1.57. The van der Waals surface area contributed by atoms with Gasteiger partial charge in [-0.25, -0.2) is 9.82 Å². The van der Waals surface area contributed by atoms with Crippen LogP contribution in [0.15, 0.2) is 71.8 Å². The van der Waals surface area contributed by atoms with Crippen molar-refractivity contribution in [2.24, 2.45) is 5.10 Å². The summed E-state index contributed by atoms with van der Waals surface area (Å²) in [5.41, 5.74) is 4.52. The molecule has 0 saturated heterocycles. The lowest BCUT2D eigenvalue weighted by atomic mass is 10.2. The molecule has 6 nitrogen and oxygen atoms in total. The van der Waals surface area contributed by atoms with Crippen LogP contribution in [0.3, 0.4) is 0 Å². The highest BCUT2D eigenvalue weighted by Crippen LogP contribution is 2.28. The Kier molecular flexibility index (Phi) is 8.20. The first-order chi connectivity index (χ1) is 15.6. The van der Waals surface area contributed by atoms with E-state index in [4.69, 9.17) is 14.2 Å². The number of benzene rings is 3. The fraction of sp³-hybridized carbons (Fsp3) is 0.200. The standard InChI is InChI=1S/C25H25FN2O4/c1-3-13-31-23-12-9-20(15-24(23)30-2)25(29)28-27-16-19-5-4-6-22(14-19)32-17-18-7-10-21(26)11-8-18/h4-12,14-16H,3,13,17H2,1-2H3,(H,28,29)/b27-16+. The Labute approximate surface area is 186 Å². The monoisotopic (exact) mass is 436 g/mol. The van der Waals surface area contributed by atoms with Crippen LogP contribution in [0.2, 0.25) is 0 Å². The van der Waals surface area contributed by atoms with E-state index >= 15 is 0 Å². The summed E-state index contributed by atoms with van der Waals surface area (Å²) in [6.45, 7) is 2.90. The highest BCUT2D eigenvalue weighted by molar-refractivity contribution is 5.95. The normalized spacial score (nSPS) is 10.7. The van der Waals surface area contributed by atoms with Crippen LogP contribution in [-0.2, 0) is 6.61 Å². The summed E-state index contributed by atoms with van der Waals surface area (Å²) in [5, 5.41) is 4.02. The largest absolute Gasteiger partial charge is 0.493 e. The molecule has 0 atom stereocenters. The Morgan fingerprint density at radius 3 is 2.59 bits per heavy atom. The van der Waals surface area contributed by atoms with Crippen LogP contribution >= 0.6 is 0 Å². The molecule has 1 amide bonds. The minimum Gasteiger partial charge on any atom is -0.493 e. The summed E-state index contributed by atoms with van der Waals surface area (Å²) in [6, 6.07) is 18.4. The van der Waals surface area contributed by atoms with Crippen molar-refractivity contribution in [1.82, 2.24) is 5.43 Å². The predicted molar refractivity (Wildman–Crippen MR) is 121 cm³/mol. The maximum atomic E-state index is 13.0. The van der Waals surface area contributed by atoms with E-state index in [1.807, 2.05) is 25.1 Å². The minimum absolute atomic E-state index is 0.284. The van der Waals surface area contributed by atoms with E-state index in [2.05, 4.69) is 10.5 Å². The number of ether oxygens (including phenoxy) is 3. The van der Waals surface area contributed by atoms with Crippen molar-refractivity contribution in [3.8, 4) is 17.2 Å². The molecule has 0 spiro atoms. The Morgan fingerprint density at radius 1 is 1.03 bits per heavy atom. The van der Waals surface area contributed by atoms with Crippen molar-refractivity contribution in [3.63, 3.8) is 0 Å². The molecule has 0 fully saturated rings. The number of carbonyl (C=O) groups excluding carboxylic acids is 1. The topological polar surface area (TPSA) is 69.2 Å². The second-order valence-electron chi connectivity index (χ2n) is 6.90. The highest BCUT2D eigenvalue weighted by Gasteiger charge is 2.10. The van der Waals surface area contributed by atoms with E-state index < -0.39 is 0 Å². The molecule has 0 aliphatic heterocycles. The molecule has 1 N–H and O–H groups in total. The smallest absolute Gasteiger partial charge is 0.271 e. The van der Waals surface area contributed by atoms with Gasteiger partial charge in [-0.15, -0.1) is 0 Å². The summed E-state index contributed by atoms with van der Waals surface area (Å²) in [4.78, 5) is 12.4. The van der Waals surface area contributed by atoms with Gasteiger partial charge >= 0.3 is 0 Å². The van der Waals surface area contributed by atoms with Crippen molar-refractivity contribution < 1.29 is 23.4 Å². The molecule has 3 aromatic carbocycles. The number of carbonyl (C=O) groups is 1. The first-order valence-corrected chi connectivity index (χ1v) is 10.2. The molecule has 0 saturated carbocycles. The fourth-order valence-electron chi connectivity index (χ4n) is 2.80. The van der Waals surface area contributed by atoms with Crippen LogP contribution in [0.5, 0.6) is 17.2 Å². The summed E-state index contributed by atoms with van der Waals surface area (Å²) in [6.07, 6.45) is 2.40. The van der Waals surface area contributed by atoms with E-state index in [9.17, 15) is 9.18 Å². The first-order valence-electron chi connectivity index (χ1n) is 10.2. The number of nitrogens with one attached hydrogen (secondary N) is 1. The molecule has 7 heteroatoms. The molecule has 32 heavy (non-hydrogen) atoms. The number of methoxy groups -OCH3 is 1. The number of nitrogens with zero attached hydrogens (tertiary/aromatic N) is 1. The zero-order valence-electron chi connectivity index (χ0n) is 18.0. The lowest BCUT2D eigenvalue weighted by Gasteiger charge is -2.11. The van der Waals surface area contributed by atoms with Crippen LogP contribution in [0, 0.1) is 5.82 Å². The summed E-state index contributed by atoms with van der Waals surface area (Å²) < 4.78 is 29.6. The van der Waals surface area contributed by atoms with E-state index in [0.29, 0.717) is 36.0 Å². The lowest BCUT2D eigenvalue weighted by Crippen LogP contribution is -2.17. The quantitative estimate of drug-likeness (QED) is 0.360. The molecule has 0 bridgehead atoms. The van der Waals surface area contributed by atoms with Crippen molar-refractivity contribution in [3.05, 3.63) is 89.2 Å². The van der Waals surface area contributed by atoms with Crippen LogP contribution in [0.1, 0.15) is 34.8 Å². The number of rotatable bonds is 10. The van der Waals surface area contributed by atoms with Crippen molar-refractivity contribution in [1.29, 1.82) is 0 Å². The second kappa shape index (κ2) is 11.5. The molecule has 0 aliphatic rings. The summed E-state index contributed by atoms with van der Waals surface area (Å²) in [5.74, 6) is 1.06. The maximum absolute atomic E-state index is 13.0. The molecule has 3 rings (SSSR count). The Morgan fingerprint density at radius 2 is 1.84 bits per heavy atom. The Bertz CT molecular complexity index is 1070. The zero-order chi connectivity index (χ0) is 22.8. The van der Waals surface area contributed by atoms with Gasteiger partial charge in [0.25, 0.3) is 5.91 Å². The number of hydrogen-bond acceptors (Lipinski definition) is 5. The number of amides is 1. The van der Waals surface area contributed by atoms with Gasteiger partial charge in [0.15, 0.2) is 11.5 Å². The van der Waals surface area contributed by atoms with Gasteiger partial charge in [0, 0.05) is 5.56 Å². The predicted octanol–water partition coefficient (Wildman–Crippen LogP) is 4.97. The van der Waals surface area contributed by atoms with E-state index in [1.165, 1.54) is 25.5 Å². The molecule has 0 radical (unpaired) electrons. The van der Waals surface area contributed by atoms with E-state index in [1.54, 1.807) is 36.4 Å². The molecular formula is C25H25FN2O4. The molecule has 0 unspecified atom stereocenters. The molecule has 0 aliphatic carbocycles. The molecule has 0 heterocycles. The van der Waals surface area contributed by atoms with Crippen molar-refractivity contribution >= 4 is 12.1 Å². The van der Waals surface area contributed by atoms with Gasteiger partial charge in [0.05, 0.1) is 19.9 Å². The fourth-order valence-corrected chi connectivity index (χ4v) is 2.80. The zero-order valence-corrected chi connectivity index (χ0v) is 18.0. The highest BCUT2D eigenvalue weighted by atomic mass is 19.1. The van der Waals surface area contributed by atoms with E-state index in [-0.39, 0.29) is 11.7 Å². The van der Waals surface area contributed by atoms with Crippen LogP contribution < -0.4 is 19.6 Å². The molecular weight excluding hydrogens is 411 g/mol. The van der Waals surface area contributed by atoms with Crippen LogP contribution in [0.25, 0.3) is 0 Å². The second-order valence-corrected chi connectivity index (χ2v) is 6.90. The van der Waals surface area contributed by atoms with Crippen molar-refractivity contribution in [2.75, 3.05) is 13.7 Å². The number of halogens is 1. The SMILES string of the molecule is CCCOc1ccc(C(=O)N/N=C/c2cccc(OCc3ccc(F)cc3)c2)cc1OC. The minimum atomic E-state index is -0.370. The van der Waals surface area contributed by atoms with Gasteiger partial charge in [-0.3, -0.25) is 4.79 Å². The average molecular weight is 436 g/mol. The maximum Gasteiger partial charge on any atom is 0.271 e. The van der Waals surface area contributed by atoms with Gasteiger partial charge in [0.1, 0.15) is 18.2 Å². The lowest BCUT2D eigenvalue weighted by molar-refractivity contribution is 0.0954.